The zero-order valence-electron chi connectivity index (χ0n) is 13.1. The Bertz CT molecular complexity index is 376. The lowest BCUT2D eigenvalue weighted by atomic mass is 9.87. The highest BCUT2D eigenvalue weighted by atomic mass is 32.1. The zero-order chi connectivity index (χ0) is 14.4. The molecule has 0 spiro atoms. The summed E-state index contributed by atoms with van der Waals surface area (Å²) >= 11 is 1.87. The Kier molecular flexibility index (Phi) is 6.06. The summed E-state index contributed by atoms with van der Waals surface area (Å²) in [6, 6.07) is 4.41. The quantitative estimate of drug-likeness (QED) is 0.794. The summed E-state index contributed by atoms with van der Waals surface area (Å²) in [6.07, 6.45) is 7.98. The van der Waals surface area contributed by atoms with Crippen LogP contribution in [0.25, 0.3) is 0 Å². The van der Waals surface area contributed by atoms with Crippen molar-refractivity contribution in [2.45, 2.75) is 64.5 Å². The minimum absolute atomic E-state index is 0.239. The van der Waals surface area contributed by atoms with Crippen molar-refractivity contribution in [2.24, 2.45) is 11.7 Å². The van der Waals surface area contributed by atoms with Gasteiger partial charge < -0.3 is 5.73 Å². The molecule has 1 aliphatic rings. The molecule has 114 valence electrons. The summed E-state index contributed by atoms with van der Waals surface area (Å²) in [7, 11) is 0. The number of hydrogen-bond acceptors (Lipinski definition) is 3. The van der Waals surface area contributed by atoms with Gasteiger partial charge in [-0.05, 0) is 43.2 Å². The first-order valence-electron chi connectivity index (χ1n) is 8.21. The Labute approximate surface area is 128 Å². The third-order valence-electron chi connectivity index (χ3n) is 5.21. The van der Waals surface area contributed by atoms with E-state index in [1.54, 1.807) is 0 Å². The van der Waals surface area contributed by atoms with E-state index in [-0.39, 0.29) is 5.54 Å². The molecule has 1 aromatic heterocycles. The minimum Gasteiger partial charge on any atom is -0.329 e. The van der Waals surface area contributed by atoms with Gasteiger partial charge in [-0.2, -0.15) is 0 Å². The number of nitrogens with two attached hydrogens (primary N) is 1. The molecule has 1 saturated carbocycles. The fraction of sp³-hybridized carbons (Fsp3) is 0.765. The van der Waals surface area contributed by atoms with Gasteiger partial charge in [0.2, 0.25) is 0 Å². The summed E-state index contributed by atoms with van der Waals surface area (Å²) in [5.74, 6) is 0.920. The summed E-state index contributed by atoms with van der Waals surface area (Å²) in [5.41, 5.74) is 6.50. The lowest BCUT2D eigenvalue weighted by Gasteiger charge is -2.43. The Morgan fingerprint density at radius 3 is 2.80 bits per heavy atom. The third kappa shape index (κ3) is 3.63. The van der Waals surface area contributed by atoms with Crippen LogP contribution in [0.15, 0.2) is 17.5 Å². The lowest BCUT2D eigenvalue weighted by Crippen LogP contribution is -2.53. The second-order valence-electron chi connectivity index (χ2n) is 6.23. The fourth-order valence-electron chi connectivity index (χ4n) is 3.73. The lowest BCUT2D eigenvalue weighted by molar-refractivity contribution is 0.0755. The average molecular weight is 295 g/mol. The Morgan fingerprint density at radius 2 is 2.20 bits per heavy atom. The van der Waals surface area contributed by atoms with Crippen LogP contribution in [0.2, 0.25) is 0 Å². The van der Waals surface area contributed by atoms with E-state index in [9.17, 15) is 0 Å². The van der Waals surface area contributed by atoms with Crippen LogP contribution in [0.3, 0.4) is 0 Å². The van der Waals surface area contributed by atoms with E-state index in [1.807, 2.05) is 11.3 Å². The average Bonchev–Trinajstić information content (AvgIpc) is 2.90. The first-order chi connectivity index (χ1) is 9.74. The Morgan fingerprint density at radius 1 is 1.35 bits per heavy atom. The number of hydrogen-bond donors (Lipinski definition) is 1. The molecular weight excluding hydrogens is 264 g/mol. The first-order valence-corrected chi connectivity index (χ1v) is 9.09. The van der Waals surface area contributed by atoms with Crippen LogP contribution in [0.5, 0.6) is 0 Å². The first kappa shape index (κ1) is 16.0. The molecule has 0 aromatic carbocycles. The van der Waals surface area contributed by atoms with Crippen LogP contribution in [-0.4, -0.2) is 23.5 Å². The van der Waals surface area contributed by atoms with Gasteiger partial charge in [0.05, 0.1) is 0 Å². The topological polar surface area (TPSA) is 29.3 Å². The molecule has 0 amide bonds. The smallest absolute Gasteiger partial charge is 0.0335 e. The van der Waals surface area contributed by atoms with E-state index in [0.29, 0.717) is 0 Å². The van der Waals surface area contributed by atoms with Crippen molar-refractivity contribution in [3.8, 4) is 0 Å². The molecule has 2 nitrogen and oxygen atoms in total. The maximum absolute atomic E-state index is 6.26. The van der Waals surface area contributed by atoms with Crippen LogP contribution in [0, 0.1) is 5.92 Å². The normalized spacial score (nSPS) is 27.7. The Balaban J connectivity index is 2.10. The van der Waals surface area contributed by atoms with Gasteiger partial charge in [0.1, 0.15) is 0 Å². The number of likely N-dealkylation sites (N-methyl/N-ethyl adjacent to an activating group) is 1. The molecule has 0 saturated heterocycles. The van der Waals surface area contributed by atoms with Crippen LogP contribution in [0.1, 0.15) is 57.2 Å². The van der Waals surface area contributed by atoms with Gasteiger partial charge in [0, 0.05) is 23.5 Å². The molecule has 2 atom stereocenters. The summed E-state index contributed by atoms with van der Waals surface area (Å²) in [6.45, 7) is 7.60. The van der Waals surface area contributed by atoms with E-state index in [4.69, 9.17) is 5.73 Å². The van der Waals surface area contributed by atoms with Crippen LogP contribution in [0.4, 0.5) is 0 Å². The predicted octanol–water partition coefficient (Wildman–Crippen LogP) is 4.26. The van der Waals surface area contributed by atoms with Crippen molar-refractivity contribution in [3.05, 3.63) is 22.4 Å². The van der Waals surface area contributed by atoms with E-state index in [0.717, 1.165) is 25.6 Å². The molecule has 3 heteroatoms. The molecule has 2 N–H and O–H groups in total. The molecule has 2 rings (SSSR count). The summed E-state index contributed by atoms with van der Waals surface area (Å²) in [5, 5.41) is 2.18. The van der Waals surface area contributed by atoms with Gasteiger partial charge >= 0.3 is 0 Å². The number of rotatable bonds is 6. The molecule has 0 radical (unpaired) electrons. The van der Waals surface area contributed by atoms with Gasteiger partial charge in [-0.1, -0.05) is 39.2 Å². The van der Waals surface area contributed by atoms with Gasteiger partial charge in [0.25, 0.3) is 0 Å². The van der Waals surface area contributed by atoms with E-state index >= 15 is 0 Å². The third-order valence-corrected chi connectivity index (χ3v) is 6.07. The van der Waals surface area contributed by atoms with E-state index in [2.05, 4.69) is 36.3 Å². The fourth-order valence-corrected chi connectivity index (χ4v) is 4.44. The van der Waals surface area contributed by atoms with Crippen molar-refractivity contribution in [1.29, 1.82) is 0 Å². The highest BCUT2D eigenvalue weighted by Gasteiger charge is 2.36. The highest BCUT2D eigenvalue weighted by Crippen LogP contribution is 2.36. The van der Waals surface area contributed by atoms with Crippen molar-refractivity contribution < 1.29 is 0 Å². The maximum Gasteiger partial charge on any atom is 0.0335 e. The predicted molar refractivity (Wildman–Crippen MR) is 89.1 cm³/mol. The SMILES string of the molecule is CCC1CCCC(CN)(N(CC)Cc2cccs2)CC1. The zero-order valence-corrected chi connectivity index (χ0v) is 13.9. The van der Waals surface area contributed by atoms with Crippen molar-refractivity contribution in [2.75, 3.05) is 13.1 Å². The summed E-state index contributed by atoms with van der Waals surface area (Å²) in [4.78, 5) is 4.12. The second kappa shape index (κ2) is 7.58. The van der Waals surface area contributed by atoms with Crippen LogP contribution in [-0.2, 0) is 6.54 Å². The van der Waals surface area contributed by atoms with Crippen LogP contribution < -0.4 is 5.73 Å². The standard InChI is InChI=1S/C17H30N2S/c1-3-15-7-5-10-17(14-18,11-9-15)19(4-2)13-16-8-6-12-20-16/h6,8,12,15H,3-5,7,9-11,13-14,18H2,1-2H3. The molecule has 1 fully saturated rings. The monoisotopic (exact) mass is 294 g/mol. The van der Waals surface area contributed by atoms with Crippen molar-refractivity contribution in [3.63, 3.8) is 0 Å². The van der Waals surface area contributed by atoms with E-state index < -0.39 is 0 Å². The molecule has 0 aliphatic heterocycles. The molecule has 20 heavy (non-hydrogen) atoms. The highest BCUT2D eigenvalue weighted by molar-refractivity contribution is 7.09. The Hall–Kier alpha value is -0.380. The van der Waals surface area contributed by atoms with Crippen LogP contribution >= 0.6 is 11.3 Å². The molecular formula is C17H30N2S. The number of thiophene rings is 1. The number of nitrogens with zero attached hydrogens (tertiary/aromatic N) is 1. The second-order valence-corrected chi connectivity index (χ2v) is 7.26. The van der Waals surface area contributed by atoms with Gasteiger partial charge in [-0.3, -0.25) is 4.90 Å². The summed E-state index contributed by atoms with van der Waals surface area (Å²) < 4.78 is 0. The molecule has 1 aromatic rings. The molecule has 2 unspecified atom stereocenters. The van der Waals surface area contributed by atoms with Gasteiger partial charge in [-0.25, -0.2) is 0 Å². The van der Waals surface area contributed by atoms with Gasteiger partial charge in [0.15, 0.2) is 0 Å². The maximum atomic E-state index is 6.26. The largest absolute Gasteiger partial charge is 0.329 e. The van der Waals surface area contributed by atoms with Crippen molar-refractivity contribution in [1.82, 2.24) is 4.90 Å². The molecule has 1 heterocycles. The molecule has 0 bridgehead atoms. The van der Waals surface area contributed by atoms with Gasteiger partial charge in [-0.15, -0.1) is 11.3 Å². The van der Waals surface area contributed by atoms with Crippen molar-refractivity contribution >= 4 is 11.3 Å². The van der Waals surface area contributed by atoms with E-state index in [1.165, 1.54) is 43.4 Å². The molecule has 1 aliphatic carbocycles. The minimum atomic E-state index is 0.239.